The molecule has 5 heteroatoms. The minimum atomic E-state index is 0.653. The normalized spacial score (nSPS) is 10.8. The van der Waals surface area contributed by atoms with Crippen molar-refractivity contribution < 1.29 is 0 Å². The molecule has 1 aromatic carbocycles. The zero-order valence-electron chi connectivity index (χ0n) is 10.9. The monoisotopic (exact) mass is 253 g/mol. The Bertz CT molecular complexity index is 709. The van der Waals surface area contributed by atoms with Crippen LogP contribution < -0.4 is 5.73 Å². The van der Waals surface area contributed by atoms with E-state index in [1.165, 1.54) is 0 Å². The number of nitrogens with zero attached hydrogens (tertiary/aromatic N) is 4. The number of nitrogen functional groups attached to an aromatic ring is 1. The number of hydrogen-bond donors (Lipinski definition) is 1. The summed E-state index contributed by atoms with van der Waals surface area (Å²) in [4.78, 5) is 0. The molecule has 3 rings (SSSR count). The average Bonchev–Trinajstić information content (AvgIpc) is 2.93. The highest BCUT2D eigenvalue weighted by Gasteiger charge is 2.14. The van der Waals surface area contributed by atoms with Crippen LogP contribution in [0.3, 0.4) is 0 Å². The van der Waals surface area contributed by atoms with E-state index >= 15 is 0 Å². The Balaban J connectivity index is 2.10. The molecule has 19 heavy (non-hydrogen) atoms. The van der Waals surface area contributed by atoms with Gasteiger partial charge in [0, 0.05) is 18.8 Å². The number of anilines is 1. The van der Waals surface area contributed by atoms with Crippen molar-refractivity contribution in [2.45, 2.75) is 6.92 Å². The SMILES string of the molecule is Cc1nn(C)cc1-c1nn(-c2ccccc2)cc1N. The summed E-state index contributed by atoms with van der Waals surface area (Å²) in [6, 6.07) is 9.91. The Labute approximate surface area is 111 Å². The van der Waals surface area contributed by atoms with E-state index in [0.29, 0.717) is 5.69 Å². The van der Waals surface area contributed by atoms with E-state index in [0.717, 1.165) is 22.6 Å². The van der Waals surface area contributed by atoms with Gasteiger partial charge in [0.25, 0.3) is 0 Å². The molecule has 0 spiro atoms. The lowest BCUT2D eigenvalue weighted by atomic mass is 10.2. The van der Waals surface area contributed by atoms with E-state index < -0.39 is 0 Å². The zero-order chi connectivity index (χ0) is 13.4. The van der Waals surface area contributed by atoms with Gasteiger partial charge in [0.05, 0.1) is 23.3 Å². The molecule has 2 N–H and O–H groups in total. The van der Waals surface area contributed by atoms with Gasteiger partial charge >= 0.3 is 0 Å². The van der Waals surface area contributed by atoms with Crippen LogP contribution in [0.25, 0.3) is 16.9 Å². The van der Waals surface area contributed by atoms with Gasteiger partial charge in [-0.3, -0.25) is 4.68 Å². The molecule has 0 amide bonds. The van der Waals surface area contributed by atoms with E-state index in [9.17, 15) is 0 Å². The van der Waals surface area contributed by atoms with Gasteiger partial charge in [-0.2, -0.15) is 10.2 Å². The number of hydrogen-bond acceptors (Lipinski definition) is 3. The standard InChI is InChI=1S/C14H15N5/c1-10-12(8-18(2)16-10)14-13(15)9-19(17-14)11-6-4-3-5-7-11/h3-9H,15H2,1-2H3. The highest BCUT2D eigenvalue weighted by molar-refractivity contribution is 5.73. The lowest BCUT2D eigenvalue weighted by Crippen LogP contribution is -1.94. The number of nitrogens with two attached hydrogens (primary N) is 1. The van der Waals surface area contributed by atoms with Gasteiger partial charge in [0.1, 0.15) is 5.69 Å². The van der Waals surface area contributed by atoms with Crippen LogP contribution in [0.2, 0.25) is 0 Å². The molecule has 0 saturated carbocycles. The van der Waals surface area contributed by atoms with Crippen molar-refractivity contribution in [3.05, 3.63) is 48.4 Å². The van der Waals surface area contributed by atoms with Crippen molar-refractivity contribution >= 4 is 5.69 Å². The Kier molecular flexibility index (Phi) is 2.59. The maximum absolute atomic E-state index is 6.07. The first-order chi connectivity index (χ1) is 9.15. The number of aromatic nitrogens is 4. The van der Waals surface area contributed by atoms with Crippen LogP contribution in [-0.4, -0.2) is 19.6 Å². The molecule has 2 heterocycles. The minimum absolute atomic E-state index is 0.653. The van der Waals surface area contributed by atoms with Crippen LogP contribution in [0.1, 0.15) is 5.69 Å². The van der Waals surface area contributed by atoms with Crippen molar-refractivity contribution in [3.8, 4) is 16.9 Å². The van der Waals surface area contributed by atoms with Crippen LogP contribution in [0, 0.1) is 6.92 Å². The fourth-order valence-electron chi connectivity index (χ4n) is 2.14. The summed E-state index contributed by atoms with van der Waals surface area (Å²) >= 11 is 0. The molecule has 0 aliphatic carbocycles. The van der Waals surface area contributed by atoms with Gasteiger partial charge in [-0.05, 0) is 19.1 Å². The lowest BCUT2D eigenvalue weighted by molar-refractivity contribution is 0.756. The molecular weight excluding hydrogens is 238 g/mol. The summed E-state index contributed by atoms with van der Waals surface area (Å²) in [5.74, 6) is 0. The second-order valence-corrected chi connectivity index (χ2v) is 4.52. The summed E-state index contributed by atoms with van der Waals surface area (Å²) in [7, 11) is 1.89. The molecule has 96 valence electrons. The molecule has 0 radical (unpaired) electrons. The molecule has 0 aliphatic rings. The van der Waals surface area contributed by atoms with E-state index in [-0.39, 0.29) is 0 Å². The van der Waals surface area contributed by atoms with Gasteiger partial charge in [0.2, 0.25) is 0 Å². The van der Waals surface area contributed by atoms with Crippen LogP contribution in [0.4, 0.5) is 5.69 Å². The first-order valence-electron chi connectivity index (χ1n) is 6.06. The van der Waals surface area contributed by atoms with Crippen molar-refractivity contribution in [2.24, 2.45) is 7.05 Å². The van der Waals surface area contributed by atoms with Crippen molar-refractivity contribution in [3.63, 3.8) is 0 Å². The highest BCUT2D eigenvalue weighted by Crippen LogP contribution is 2.27. The van der Waals surface area contributed by atoms with E-state index in [1.807, 2.05) is 56.7 Å². The van der Waals surface area contributed by atoms with Crippen molar-refractivity contribution in [1.29, 1.82) is 0 Å². The average molecular weight is 253 g/mol. The van der Waals surface area contributed by atoms with E-state index in [4.69, 9.17) is 5.73 Å². The quantitative estimate of drug-likeness (QED) is 0.761. The van der Waals surface area contributed by atoms with Gasteiger partial charge in [-0.25, -0.2) is 4.68 Å². The van der Waals surface area contributed by atoms with E-state index in [1.54, 1.807) is 9.36 Å². The first kappa shape index (κ1) is 11.5. The number of benzene rings is 1. The molecule has 0 fully saturated rings. The second-order valence-electron chi connectivity index (χ2n) is 4.52. The number of para-hydroxylation sites is 1. The fourth-order valence-corrected chi connectivity index (χ4v) is 2.14. The third-order valence-corrected chi connectivity index (χ3v) is 3.03. The smallest absolute Gasteiger partial charge is 0.119 e. The number of rotatable bonds is 2. The molecule has 5 nitrogen and oxygen atoms in total. The summed E-state index contributed by atoms with van der Waals surface area (Å²) < 4.78 is 3.56. The van der Waals surface area contributed by atoms with Crippen LogP contribution in [0.5, 0.6) is 0 Å². The largest absolute Gasteiger partial charge is 0.396 e. The van der Waals surface area contributed by atoms with Crippen LogP contribution >= 0.6 is 0 Å². The summed E-state index contributed by atoms with van der Waals surface area (Å²) in [5.41, 5.74) is 10.4. The minimum Gasteiger partial charge on any atom is -0.396 e. The maximum atomic E-state index is 6.07. The van der Waals surface area contributed by atoms with E-state index in [2.05, 4.69) is 10.2 Å². The number of aryl methyl sites for hydroxylation is 2. The molecule has 0 atom stereocenters. The Hall–Kier alpha value is -2.56. The maximum Gasteiger partial charge on any atom is 0.119 e. The predicted octanol–water partition coefficient (Wildman–Crippen LogP) is 2.16. The molecule has 0 unspecified atom stereocenters. The van der Waals surface area contributed by atoms with Gasteiger partial charge in [-0.1, -0.05) is 18.2 Å². The predicted molar refractivity (Wildman–Crippen MR) is 74.9 cm³/mol. The second kappa shape index (κ2) is 4.28. The summed E-state index contributed by atoms with van der Waals surface area (Å²) in [6.45, 7) is 1.95. The summed E-state index contributed by atoms with van der Waals surface area (Å²) in [5, 5.41) is 8.89. The first-order valence-corrected chi connectivity index (χ1v) is 6.06. The van der Waals surface area contributed by atoms with Gasteiger partial charge < -0.3 is 5.73 Å². The van der Waals surface area contributed by atoms with Crippen molar-refractivity contribution in [1.82, 2.24) is 19.6 Å². The van der Waals surface area contributed by atoms with Gasteiger partial charge in [-0.15, -0.1) is 0 Å². The highest BCUT2D eigenvalue weighted by atomic mass is 15.3. The third kappa shape index (κ3) is 1.99. The van der Waals surface area contributed by atoms with Gasteiger partial charge in [0.15, 0.2) is 0 Å². The van der Waals surface area contributed by atoms with Crippen molar-refractivity contribution in [2.75, 3.05) is 5.73 Å². The molecule has 2 aromatic heterocycles. The molecule has 0 aliphatic heterocycles. The molecule has 0 bridgehead atoms. The topological polar surface area (TPSA) is 61.7 Å². The zero-order valence-corrected chi connectivity index (χ0v) is 10.9. The Morgan fingerprint density at radius 3 is 2.42 bits per heavy atom. The lowest BCUT2D eigenvalue weighted by Gasteiger charge is -1.99. The Morgan fingerprint density at radius 1 is 1.05 bits per heavy atom. The van der Waals surface area contributed by atoms with Crippen LogP contribution in [-0.2, 0) is 7.05 Å². The molecule has 3 aromatic rings. The molecule has 0 saturated heterocycles. The third-order valence-electron chi connectivity index (χ3n) is 3.03. The van der Waals surface area contributed by atoms with Crippen LogP contribution in [0.15, 0.2) is 42.7 Å². The fraction of sp³-hybridized carbons (Fsp3) is 0.143. The molecular formula is C14H15N5. The Morgan fingerprint density at radius 2 is 1.79 bits per heavy atom. The summed E-state index contributed by atoms with van der Waals surface area (Å²) in [6.07, 6.45) is 3.76.